The molecule has 0 spiro atoms. The summed E-state index contributed by atoms with van der Waals surface area (Å²) in [5.41, 5.74) is 2.07. The molecule has 1 unspecified atom stereocenters. The van der Waals surface area contributed by atoms with Crippen LogP contribution < -0.4 is 5.32 Å². The zero-order valence-electron chi connectivity index (χ0n) is 12.6. The summed E-state index contributed by atoms with van der Waals surface area (Å²) in [6.07, 6.45) is 3.93. The molecule has 4 nitrogen and oxygen atoms in total. The topological polar surface area (TPSA) is 41.3 Å². The largest absolute Gasteiger partial charge is 0.356 e. The Bertz CT molecular complexity index is 546. The Labute approximate surface area is 126 Å². The second-order valence-electron chi connectivity index (χ2n) is 5.89. The molecule has 4 heteroatoms. The van der Waals surface area contributed by atoms with Gasteiger partial charge in [0.05, 0.1) is 5.69 Å². The Morgan fingerprint density at radius 3 is 2.90 bits per heavy atom. The second kappa shape index (κ2) is 6.87. The number of likely N-dealkylation sites (N-methyl/N-ethyl adjacent to an activating group) is 1. The molecule has 1 fully saturated rings. The molecular formula is C17H23N3O. The molecule has 1 aromatic carbocycles. The van der Waals surface area contributed by atoms with Gasteiger partial charge < -0.3 is 9.84 Å². The van der Waals surface area contributed by atoms with Crippen LogP contribution in [-0.4, -0.2) is 36.2 Å². The third-order valence-corrected chi connectivity index (χ3v) is 3.99. The fourth-order valence-electron chi connectivity index (χ4n) is 2.92. The minimum Gasteiger partial charge on any atom is -0.356 e. The minimum atomic E-state index is 0.615. The van der Waals surface area contributed by atoms with Gasteiger partial charge in [-0.3, -0.25) is 4.90 Å². The predicted octanol–water partition coefficient (Wildman–Crippen LogP) is 2.92. The molecule has 2 aromatic rings. The van der Waals surface area contributed by atoms with Crippen LogP contribution in [0, 0.1) is 0 Å². The third-order valence-electron chi connectivity index (χ3n) is 3.99. The fraction of sp³-hybridized carbons (Fsp3) is 0.471. The maximum absolute atomic E-state index is 5.45. The van der Waals surface area contributed by atoms with Crippen molar-refractivity contribution >= 4 is 0 Å². The summed E-state index contributed by atoms with van der Waals surface area (Å²) < 4.78 is 5.45. The molecule has 1 N–H and O–H groups in total. The van der Waals surface area contributed by atoms with Crippen molar-refractivity contribution in [3.63, 3.8) is 0 Å². The molecule has 1 aliphatic heterocycles. The van der Waals surface area contributed by atoms with Crippen LogP contribution in [0.15, 0.2) is 40.9 Å². The molecule has 0 saturated carbocycles. The maximum Gasteiger partial charge on any atom is 0.167 e. The van der Waals surface area contributed by atoms with Crippen molar-refractivity contribution in [1.29, 1.82) is 0 Å². The number of rotatable bonds is 5. The van der Waals surface area contributed by atoms with Crippen LogP contribution >= 0.6 is 0 Å². The normalized spacial score (nSPS) is 19.0. The lowest BCUT2D eigenvalue weighted by Gasteiger charge is -2.27. The molecule has 3 rings (SSSR count). The van der Waals surface area contributed by atoms with Gasteiger partial charge in [-0.15, -0.1) is 0 Å². The van der Waals surface area contributed by atoms with E-state index in [1.165, 1.54) is 19.3 Å². The van der Waals surface area contributed by atoms with Crippen molar-refractivity contribution in [2.24, 2.45) is 0 Å². The highest BCUT2D eigenvalue weighted by atomic mass is 16.5. The highest BCUT2D eigenvalue weighted by Crippen LogP contribution is 2.20. The fourth-order valence-corrected chi connectivity index (χ4v) is 2.92. The van der Waals surface area contributed by atoms with Crippen LogP contribution in [0.1, 0.15) is 25.0 Å². The first-order valence-corrected chi connectivity index (χ1v) is 7.74. The van der Waals surface area contributed by atoms with E-state index in [1.54, 1.807) is 0 Å². The van der Waals surface area contributed by atoms with E-state index in [9.17, 15) is 0 Å². The van der Waals surface area contributed by atoms with Gasteiger partial charge in [0, 0.05) is 30.8 Å². The smallest absolute Gasteiger partial charge is 0.167 e. The van der Waals surface area contributed by atoms with E-state index in [-0.39, 0.29) is 0 Å². The van der Waals surface area contributed by atoms with Gasteiger partial charge in [-0.05, 0) is 26.4 Å². The van der Waals surface area contributed by atoms with Crippen LogP contribution in [-0.2, 0) is 6.54 Å². The van der Waals surface area contributed by atoms with E-state index in [0.717, 1.165) is 36.7 Å². The SMILES string of the molecule is CN(Cc1cc(-c2ccccc2)on1)CC1CCCCN1. The molecule has 0 radical (unpaired) electrons. The molecule has 1 saturated heterocycles. The highest BCUT2D eigenvalue weighted by Gasteiger charge is 2.15. The van der Waals surface area contributed by atoms with Gasteiger partial charge in [-0.25, -0.2) is 0 Å². The average molecular weight is 285 g/mol. The lowest BCUT2D eigenvalue weighted by Crippen LogP contribution is -2.42. The summed E-state index contributed by atoms with van der Waals surface area (Å²) in [5, 5.41) is 7.77. The zero-order valence-corrected chi connectivity index (χ0v) is 12.6. The quantitative estimate of drug-likeness (QED) is 0.917. The second-order valence-corrected chi connectivity index (χ2v) is 5.89. The highest BCUT2D eigenvalue weighted by molar-refractivity contribution is 5.56. The molecule has 0 bridgehead atoms. The minimum absolute atomic E-state index is 0.615. The first-order valence-electron chi connectivity index (χ1n) is 7.74. The molecule has 0 aliphatic carbocycles. The summed E-state index contributed by atoms with van der Waals surface area (Å²) in [6.45, 7) is 3.04. The zero-order chi connectivity index (χ0) is 14.5. The van der Waals surface area contributed by atoms with Crippen LogP contribution in [0.4, 0.5) is 0 Å². The molecule has 2 heterocycles. The first-order chi connectivity index (χ1) is 10.3. The Balaban J connectivity index is 1.56. The van der Waals surface area contributed by atoms with Crippen molar-refractivity contribution in [2.75, 3.05) is 20.1 Å². The van der Waals surface area contributed by atoms with Crippen molar-refractivity contribution in [3.8, 4) is 11.3 Å². The molecular weight excluding hydrogens is 262 g/mol. The number of hydrogen-bond donors (Lipinski definition) is 1. The van der Waals surface area contributed by atoms with Crippen molar-refractivity contribution in [2.45, 2.75) is 31.8 Å². The molecule has 0 amide bonds. The van der Waals surface area contributed by atoms with Crippen molar-refractivity contribution in [1.82, 2.24) is 15.4 Å². The first kappa shape index (κ1) is 14.3. The number of nitrogens with zero attached hydrogens (tertiary/aromatic N) is 2. The van der Waals surface area contributed by atoms with Crippen LogP contribution in [0.2, 0.25) is 0 Å². The van der Waals surface area contributed by atoms with Crippen LogP contribution in [0.25, 0.3) is 11.3 Å². The number of aromatic nitrogens is 1. The van der Waals surface area contributed by atoms with Crippen molar-refractivity contribution < 1.29 is 4.52 Å². The van der Waals surface area contributed by atoms with Gasteiger partial charge in [-0.2, -0.15) is 0 Å². The van der Waals surface area contributed by atoms with E-state index < -0.39 is 0 Å². The summed E-state index contributed by atoms with van der Waals surface area (Å²) >= 11 is 0. The van der Waals surface area contributed by atoms with E-state index >= 15 is 0 Å². The maximum atomic E-state index is 5.45. The number of nitrogens with one attached hydrogen (secondary N) is 1. The van der Waals surface area contributed by atoms with Crippen molar-refractivity contribution in [3.05, 3.63) is 42.1 Å². The third kappa shape index (κ3) is 3.93. The van der Waals surface area contributed by atoms with E-state index in [0.29, 0.717) is 6.04 Å². The van der Waals surface area contributed by atoms with Crippen LogP contribution in [0.5, 0.6) is 0 Å². The van der Waals surface area contributed by atoms with E-state index in [4.69, 9.17) is 4.52 Å². The standard InChI is InChI=1S/C17H23N3O/c1-20(12-15-9-5-6-10-18-15)13-16-11-17(21-19-16)14-7-3-2-4-8-14/h2-4,7-8,11,15,18H,5-6,9-10,12-13H2,1H3. The van der Waals surface area contributed by atoms with E-state index in [2.05, 4.69) is 22.4 Å². The van der Waals surface area contributed by atoms with Gasteiger partial charge in [0.1, 0.15) is 0 Å². The van der Waals surface area contributed by atoms with E-state index in [1.807, 2.05) is 36.4 Å². The lowest BCUT2D eigenvalue weighted by molar-refractivity contribution is 0.250. The predicted molar refractivity (Wildman–Crippen MR) is 83.9 cm³/mol. The number of benzene rings is 1. The number of piperidine rings is 1. The summed E-state index contributed by atoms with van der Waals surface area (Å²) in [4.78, 5) is 2.32. The molecule has 112 valence electrons. The average Bonchev–Trinajstić information content (AvgIpc) is 2.97. The Morgan fingerprint density at radius 1 is 1.29 bits per heavy atom. The van der Waals surface area contributed by atoms with Gasteiger partial charge in [0.25, 0.3) is 0 Å². The Kier molecular flexibility index (Phi) is 4.68. The summed E-state index contributed by atoms with van der Waals surface area (Å²) in [7, 11) is 2.15. The summed E-state index contributed by atoms with van der Waals surface area (Å²) in [5.74, 6) is 0.842. The van der Waals surface area contributed by atoms with Gasteiger partial charge in [0.2, 0.25) is 0 Å². The number of hydrogen-bond acceptors (Lipinski definition) is 4. The molecule has 21 heavy (non-hydrogen) atoms. The molecule has 1 aliphatic rings. The molecule has 1 atom stereocenters. The monoisotopic (exact) mass is 285 g/mol. The van der Waals surface area contributed by atoms with Crippen LogP contribution in [0.3, 0.4) is 0 Å². The lowest BCUT2D eigenvalue weighted by atomic mass is 10.0. The van der Waals surface area contributed by atoms with Gasteiger partial charge in [-0.1, -0.05) is 41.9 Å². The summed E-state index contributed by atoms with van der Waals surface area (Å²) in [6, 6.07) is 12.8. The van der Waals surface area contributed by atoms with Gasteiger partial charge >= 0.3 is 0 Å². The Morgan fingerprint density at radius 2 is 2.14 bits per heavy atom. The Hall–Kier alpha value is -1.65. The molecule has 1 aromatic heterocycles. The van der Waals surface area contributed by atoms with Gasteiger partial charge in [0.15, 0.2) is 5.76 Å².